The minimum atomic E-state index is -0.425. The van der Waals surface area contributed by atoms with Crippen LogP contribution in [0.5, 0.6) is 5.75 Å². The minimum Gasteiger partial charge on any atom is -0.497 e. The van der Waals surface area contributed by atoms with E-state index < -0.39 is 5.92 Å². The van der Waals surface area contributed by atoms with Gasteiger partial charge in [0, 0.05) is 31.7 Å². The summed E-state index contributed by atoms with van der Waals surface area (Å²) in [4.78, 5) is 43.3. The first-order chi connectivity index (χ1) is 14.6. The molecule has 0 aliphatic carbocycles. The van der Waals surface area contributed by atoms with Crippen molar-refractivity contribution in [2.24, 2.45) is 5.92 Å². The van der Waals surface area contributed by atoms with E-state index in [0.717, 1.165) is 5.69 Å². The van der Waals surface area contributed by atoms with Gasteiger partial charge < -0.3 is 15.0 Å². The van der Waals surface area contributed by atoms with Gasteiger partial charge in [0.05, 0.1) is 30.3 Å². The number of benzene rings is 2. The van der Waals surface area contributed by atoms with Crippen LogP contribution in [0.15, 0.2) is 59.7 Å². The molecule has 2 aromatic carbocycles. The number of para-hydroxylation sites is 1. The Morgan fingerprint density at radius 3 is 2.70 bits per heavy atom. The zero-order valence-electron chi connectivity index (χ0n) is 16.6. The number of aromatic nitrogens is 2. The summed E-state index contributed by atoms with van der Waals surface area (Å²) >= 11 is 0. The van der Waals surface area contributed by atoms with E-state index >= 15 is 0 Å². The molecule has 0 spiro atoms. The fourth-order valence-electron chi connectivity index (χ4n) is 3.60. The summed E-state index contributed by atoms with van der Waals surface area (Å²) in [6.07, 6.45) is 1.65. The molecule has 8 nitrogen and oxygen atoms in total. The fourth-order valence-corrected chi connectivity index (χ4v) is 3.60. The maximum Gasteiger partial charge on any atom is 0.261 e. The standard InChI is InChI=1S/C22H22N4O4/c1-30-17-8-6-16(7-9-17)26-13-15(12-20(26)27)21(28)23-10-11-25-14-24-19-5-3-2-4-18(19)22(25)29/h2-9,14-15H,10-13H2,1H3,(H,23,28). The van der Waals surface area contributed by atoms with Crippen LogP contribution in [0.1, 0.15) is 6.42 Å². The molecule has 30 heavy (non-hydrogen) atoms. The van der Waals surface area contributed by atoms with Crippen molar-refractivity contribution in [2.45, 2.75) is 13.0 Å². The maximum absolute atomic E-state index is 12.5. The molecule has 0 saturated carbocycles. The summed E-state index contributed by atoms with van der Waals surface area (Å²) in [5, 5.41) is 3.38. The number of hydrogen-bond donors (Lipinski definition) is 1. The van der Waals surface area contributed by atoms with Gasteiger partial charge in [-0.3, -0.25) is 19.0 Å². The third kappa shape index (κ3) is 3.89. The molecule has 2 amide bonds. The third-order valence-corrected chi connectivity index (χ3v) is 5.26. The molecule has 154 valence electrons. The molecule has 1 aliphatic rings. The van der Waals surface area contributed by atoms with Gasteiger partial charge in [0.1, 0.15) is 5.75 Å². The van der Waals surface area contributed by atoms with E-state index in [9.17, 15) is 14.4 Å². The van der Waals surface area contributed by atoms with Crippen LogP contribution < -0.4 is 20.5 Å². The number of rotatable bonds is 6. The molecule has 4 rings (SSSR count). The van der Waals surface area contributed by atoms with E-state index in [1.807, 2.05) is 6.07 Å². The first kappa shape index (κ1) is 19.6. The van der Waals surface area contributed by atoms with Crippen LogP contribution in [0.25, 0.3) is 10.9 Å². The number of nitrogens with one attached hydrogen (secondary N) is 1. The van der Waals surface area contributed by atoms with Crippen LogP contribution in [-0.2, 0) is 16.1 Å². The Balaban J connectivity index is 1.35. The molecule has 0 radical (unpaired) electrons. The first-order valence-electron chi connectivity index (χ1n) is 9.73. The van der Waals surface area contributed by atoms with Gasteiger partial charge in [0.2, 0.25) is 11.8 Å². The predicted molar refractivity (Wildman–Crippen MR) is 112 cm³/mol. The highest BCUT2D eigenvalue weighted by molar-refractivity contribution is 6.00. The molecule has 1 aliphatic heterocycles. The Kier molecular flexibility index (Phi) is 5.47. The summed E-state index contributed by atoms with van der Waals surface area (Å²) in [5.41, 5.74) is 1.24. The number of nitrogens with zero attached hydrogens (tertiary/aromatic N) is 3. The highest BCUT2D eigenvalue weighted by atomic mass is 16.5. The van der Waals surface area contributed by atoms with Crippen LogP contribution in [0, 0.1) is 5.92 Å². The highest BCUT2D eigenvalue weighted by Gasteiger charge is 2.34. The molecular weight excluding hydrogens is 384 g/mol. The average molecular weight is 406 g/mol. The number of fused-ring (bicyclic) bond motifs is 1. The summed E-state index contributed by atoms with van der Waals surface area (Å²) in [6.45, 7) is 0.922. The molecule has 3 aromatic rings. The number of anilines is 1. The average Bonchev–Trinajstić information content (AvgIpc) is 3.17. The number of ether oxygens (including phenoxy) is 1. The number of methoxy groups -OCH3 is 1. The van der Waals surface area contributed by atoms with Gasteiger partial charge in [-0.05, 0) is 36.4 Å². The van der Waals surface area contributed by atoms with Gasteiger partial charge in [-0.15, -0.1) is 0 Å². The fraction of sp³-hybridized carbons (Fsp3) is 0.273. The van der Waals surface area contributed by atoms with Crippen LogP contribution in [0.4, 0.5) is 5.69 Å². The highest BCUT2D eigenvalue weighted by Crippen LogP contribution is 2.26. The Hall–Kier alpha value is -3.68. The van der Waals surface area contributed by atoms with E-state index in [4.69, 9.17) is 4.74 Å². The molecule has 1 saturated heterocycles. The largest absolute Gasteiger partial charge is 0.497 e. The second-order valence-electron chi connectivity index (χ2n) is 7.15. The van der Waals surface area contributed by atoms with E-state index in [1.165, 1.54) is 10.9 Å². The number of amides is 2. The Labute approximate surface area is 173 Å². The Morgan fingerprint density at radius 1 is 1.17 bits per heavy atom. The first-order valence-corrected chi connectivity index (χ1v) is 9.73. The van der Waals surface area contributed by atoms with E-state index in [0.29, 0.717) is 29.7 Å². The molecule has 1 fully saturated rings. The van der Waals surface area contributed by atoms with Crippen molar-refractivity contribution in [1.82, 2.24) is 14.9 Å². The van der Waals surface area contributed by atoms with Gasteiger partial charge in [-0.2, -0.15) is 0 Å². The van der Waals surface area contributed by atoms with Crippen molar-refractivity contribution in [1.29, 1.82) is 0 Å². The third-order valence-electron chi connectivity index (χ3n) is 5.26. The van der Waals surface area contributed by atoms with Crippen molar-refractivity contribution in [3.63, 3.8) is 0 Å². The molecule has 1 aromatic heterocycles. The SMILES string of the molecule is COc1ccc(N2CC(C(=O)NCCn3cnc4ccccc4c3=O)CC2=O)cc1. The van der Waals surface area contributed by atoms with Gasteiger partial charge in [0.15, 0.2) is 0 Å². The summed E-state index contributed by atoms with van der Waals surface area (Å²) in [7, 11) is 1.58. The minimum absolute atomic E-state index is 0.0877. The van der Waals surface area contributed by atoms with Crippen LogP contribution in [0.3, 0.4) is 0 Å². The monoisotopic (exact) mass is 406 g/mol. The Morgan fingerprint density at radius 2 is 1.93 bits per heavy atom. The van der Waals surface area contributed by atoms with E-state index in [2.05, 4.69) is 10.3 Å². The van der Waals surface area contributed by atoms with Gasteiger partial charge in [0.25, 0.3) is 5.56 Å². The van der Waals surface area contributed by atoms with Crippen LogP contribution in [-0.4, -0.2) is 41.6 Å². The number of carbonyl (C=O) groups is 2. The van der Waals surface area contributed by atoms with E-state index in [-0.39, 0.29) is 30.3 Å². The second kappa shape index (κ2) is 8.36. The molecule has 1 atom stereocenters. The molecule has 1 unspecified atom stereocenters. The molecule has 8 heteroatoms. The van der Waals surface area contributed by atoms with Crippen molar-refractivity contribution in [3.05, 3.63) is 65.2 Å². The molecule has 2 heterocycles. The smallest absolute Gasteiger partial charge is 0.261 e. The Bertz CT molecular complexity index is 1140. The lowest BCUT2D eigenvalue weighted by Crippen LogP contribution is -2.36. The maximum atomic E-state index is 12.5. The lowest BCUT2D eigenvalue weighted by Gasteiger charge is -2.17. The van der Waals surface area contributed by atoms with Gasteiger partial charge in [-0.25, -0.2) is 4.98 Å². The number of carbonyl (C=O) groups excluding carboxylic acids is 2. The van der Waals surface area contributed by atoms with Crippen LogP contribution in [0.2, 0.25) is 0 Å². The normalized spacial score (nSPS) is 16.1. The zero-order valence-corrected chi connectivity index (χ0v) is 16.6. The van der Waals surface area contributed by atoms with Crippen molar-refractivity contribution >= 4 is 28.4 Å². The second-order valence-corrected chi connectivity index (χ2v) is 7.15. The van der Waals surface area contributed by atoms with Crippen molar-refractivity contribution < 1.29 is 14.3 Å². The summed E-state index contributed by atoms with van der Waals surface area (Å²) in [5.74, 6) is 0.000545. The van der Waals surface area contributed by atoms with Crippen molar-refractivity contribution in [2.75, 3.05) is 25.1 Å². The summed E-state index contributed by atoms with van der Waals surface area (Å²) in [6, 6.07) is 14.3. The zero-order chi connectivity index (χ0) is 21.1. The van der Waals surface area contributed by atoms with E-state index in [1.54, 1.807) is 54.5 Å². The van der Waals surface area contributed by atoms with Crippen LogP contribution >= 0.6 is 0 Å². The summed E-state index contributed by atoms with van der Waals surface area (Å²) < 4.78 is 6.61. The topological polar surface area (TPSA) is 93.5 Å². The molecule has 1 N–H and O–H groups in total. The predicted octanol–water partition coefficient (Wildman–Crippen LogP) is 1.57. The van der Waals surface area contributed by atoms with Gasteiger partial charge in [-0.1, -0.05) is 12.1 Å². The quantitative estimate of drug-likeness (QED) is 0.671. The lowest BCUT2D eigenvalue weighted by molar-refractivity contribution is -0.126. The lowest BCUT2D eigenvalue weighted by atomic mass is 10.1. The molecular formula is C22H22N4O4. The van der Waals surface area contributed by atoms with Gasteiger partial charge >= 0.3 is 0 Å². The van der Waals surface area contributed by atoms with Crippen molar-refractivity contribution in [3.8, 4) is 5.75 Å². The molecule has 0 bridgehead atoms. The number of hydrogen-bond acceptors (Lipinski definition) is 5.